The van der Waals surface area contributed by atoms with Gasteiger partial charge in [-0.3, -0.25) is 0 Å². The Morgan fingerprint density at radius 3 is 3.00 bits per heavy atom. The van der Waals surface area contributed by atoms with Gasteiger partial charge in [0.2, 0.25) is 0 Å². The summed E-state index contributed by atoms with van der Waals surface area (Å²) in [6.07, 6.45) is 4.43. The zero-order valence-corrected chi connectivity index (χ0v) is 9.93. The summed E-state index contributed by atoms with van der Waals surface area (Å²) < 4.78 is 1.86. The Balaban J connectivity index is 2.11. The van der Waals surface area contributed by atoms with Crippen LogP contribution in [0.1, 0.15) is 45.0 Å². The third-order valence-electron chi connectivity index (χ3n) is 3.25. The van der Waals surface area contributed by atoms with Crippen LogP contribution >= 0.6 is 0 Å². The predicted octanol–water partition coefficient (Wildman–Crippen LogP) is 0.644. The molecule has 5 heteroatoms. The molecule has 0 aromatic carbocycles. The minimum absolute atomic E-state index is 0.125. The van der Waals surface area contributed by atoms with Gasteiger partial charge in [0.25, 0.3) is 0 Å². The average molecular weight is 224 g/mol. The van der Waals surface area contributed by atoms with Crippen molar-refractivity contribution in [1.82, 2.24) is 14.8 Å². The largest absolute Gasteiger partial charge is 0.389 e. The fourth-order valence-corrected chi connectivity index (χ4v) is 2.43. The van der Waals surface area contributed by atoms with Gasteiger partial charge in [-0.25, -0.2) is 9.67 Å². The number of aliphatic hydroxyl groups is 1. The molecule has 1 fully saturated rings. The van der Waals surface area contributed by atoms with Gasteiger partial charge in [0, 0.05) is 18.5 Å². The highest BCUT2D eigenvalue weighted by atomic mass is 16.3. The SMILES string of the molecule is CC(C)n1ncnc1CC1(O)CCC(N)C1. The summed E-state index contributed by atoms with van der Waals surface area (Å²) in [6.45, 7) is 4.12. The molecule has 1 aliphatic carbocycles. The molecule has 2 atom stereocenters. The van der Waals surface area contributed by atoms with Crippen LogP contribution < -0.4 is 5.73 Å². The number of hydrogen-bond donors (Lipinski definition) is 2. The van der Waals surface area contributed by atoms with E-state index in [0.717, 1.165) is 18.7 Å². The van der Waals surface area contributed by atoms with Gasteiger partial charge in [0.15, 0.2) is 0 Å². The summed E-state index contributed by atoms with van der Waals surface area (Å²) in [7, 11) is 0. The van der Waals surface area contributed by atoms with E-state index in [4.69, 9.17) is 5.73 Å². The van der Waals surface area contributed by atoms with E-state index in [-0.39, 0.29) is 12.1 Å². The molecular weight excluding hydrogens is 204 g/mol. The minimum Gasteiger partial charge on any atom is -0.389 e. The molecule has 0 bridgehead atoms. The lowest BCUT2D eigenvalue weighted by Gasteiger charge is -2.22. The summed E-state index contributed by atoms with van der Waals surface area (Å²) in [5.74, 6) is 0.853. The van der Waals surface area contributed by atoms with Crippen molar-refractivity contribution in [3.8, 4) is 0 Å². The van der Waals surface area contributed by atoms with Gasteiger partial charge in [0.1, 0.15) is 12.2 Å². The summed E-state index contributed by atoms with van der Waals surface area (Å²) in [6, 6.07) is 0.400. The summed E-state index contributed by atoms with van der Waals surface area (Å²) >= 11 is 0. The van der Waals surface area contributed by atoms with Crippen molar-refractivity contribution in [2.75, 3.05) is 0 Å². The molecule has 1 aromatic heterocycles. The van der Waals surface area contributed by atoms with Gasteiger partial charge in [0.05, 0.1) is 5.60 Å². The zero-order valence-electron chi connectivity index (χ0n) is 9.93. The Hall–Kier alpha value is -0.940. The van der Waals surface area contributed by atoms with Crippen molar-refractivity contribution >= 4 is 0 Å². The van der Waals surface area contributed by atoms with Crippen molar-refractivity contribution in [2.24, 2.45) is 5.73 Å². The number of nitrogens with two attached hydrogens (primary N) is 1. The molecule has 2 rings (SSSR count). The van der Waals surface area contributed by atoms with E-state index in [9.17, 15) is 5.11 Å². The van der Waals surface area contributed by atoms with E-state index in [1.165, 1.54) is 0 Å². The first-order chi connectivity index (χ1) is 7.50. The maximum Gasteiger partial charge on any atom is 0.138 e. The molecule has 0 saturated heterocycles. The second-order valence-corrected chi connectivity index (χ2v) is 5.12. The topological polar surface area (TPSA) is 77.0 Å². The van der Waals surface area contributed by atoms with Crippen molar-refractivity contribution in [1.29, 1.82) is 0 Å². The van der Waals surface area contributed by atoms with E-state index in [2.05, 4.69) is 23.9 Å². The number of nitrogens with zero attached hydrogens (tertiary/aromatic N) is 3. The average Bonchev–Trinajstić information content (AvgIpc) is 2.74. The highest BCUT2D eigenvalue weighted by Crippen LogP contribution is 2.31. The molecule has 0 radical (unpaired) electrons. The Morgan fingerprint density at radius 1 is 1.69 bits per heavy atom. The van der Waals surface area contributed by atoms with Gasteiger partial charge in [-0.2, -0.15) is 5.10 Å². The predicted molar refractivity (Wildman–Crippen MR) is 60.9 cm³/mol. The van der Waals surface area contributed by atoms with E-state index >= 15 is 0 Å². The van der Waals surface area contributed by atoms with Crippen LogP contribution in [-0.2, 0) is 6.42 Å². The van der Waals surface area contributed by atoms with Crippen molar-refractivity contribution < 1.29 is 5.11 Å². The van der Waals surface area contributed by atoms with Gasteiger partial charge >= 0.3 is 0 Å². The third-order valence-corrected chi connectivity index (χ3v) is 3.25. The van der Waals surface area contributed by atoms with E-state index < -0.39 is 5.60 Å². The summed E-state index contributed by atoms with van der Waals surface area (Å²) in [5, 5.41) is 14.5. The van der Waals surface area contributed by atoms with Gasteiger partial charge < -0.3 is 10.8 Å². The first kappa shape index (κ1) is 11.5. The second-order valence-electron chi connectivity index (χ2n) is 5.12. The third kappa shape index (κ3) is 2.25. The lowest BCUT2D eigenvalue weighted by Crippen LogP contribution is -2.32. The number of rotatable bonds is 3. The molecule has 16 heavy (non-hydrogen) atoms. The quantitative estimate of drug-likeness (QED) is 0.790. The molecule has 1 aliphatic rings. The molecule has 3 N–H and O–H groups in total. The standard InChI is InChI=1S/C11H20N4O/c1-8(2)15-10(13-7-14-15)6-11(16)4-3-9(12)5-11/h7-9,16H,3-6,12H2,1-2H3. The Morgan fingerprint density at radius 2 is 2.44 bits per heavy atom. The molecule has 2 unspecified atom stereocenters. The molecule has 0 aliphatic heterocycles. The molecule has 0 amide bonds. The van der Waals surface area contributed by atoms with E-state index in [1.54, 1.807) is 6.33 Å². The minimum atomic E-state index is -0.681. The van der Waals surface area contributed by atoms with Crippen LogP contribution in [0.4, 0.5) is 0 Å². The molecule has 1 aromatic rings. The normalized spacial score (nSPS) is 30.2. The fourth-order valence-electron chi connectivity index (χ4n) is 2.43. The number of hydrogen-bond acceptors (Lipinski definition) is 4. The van der Waals surface area contributed by atoms with Gasteiger partial charge in [-0.05, 0) is 33.1 Å². The Bertz CT molecular complexity index is 363. The highest BCUT2D eigenvalue weighted by molar-refractivity contribution is 5.00. The molecular formula is C11H20N4O. The van der Waals surface area contributed by atoms with Crippen LogP contribution in [0.25, 0.3) is 0 Å². The first-order valence-corrected chi connectivity index (χ1v) is 5.86. The molecule has 90 valence electrons. The van der Waals surface area contributed by atoms with Crippen LogP contribution in [0.5, 0.6) is 0 Å². The van der Waals surface area contributed by atoms with Crippen LogP contribution in [0.2, 0.25) is 0 Å². The first-order valence-electron chi connectivity index (χ1n) is 5.86. The van der Waals surface area contributed by atoms with Crippen molar-refractivity contribution in [2.45, 2.75) is 57.2 Å². The Kier molecular flexibility index (Phi) is 2.99. The van der Waals surface area contributed by atoms with Crippen LogP contribution in [-0.4, -0.2) is 31.5 Å². The fraction of sp³-hybridized carbons (Fsp3) is 0.818. The lowest BCUT2D eigenvalue weighted by molar-refractivity contribution is 0.0435. The number of aromatic nitrogens is 3. The van der Waals surface area contributed by atoms with Gasteiger partial charge in [-0.1, -0.05) is 0 Å². The Labute approximate surface area is 95.7 Å². The summed E-state index contributed by atoms with van der Waals surface area (Å²) in [5.41, 5.74) is 5.15. The lowest BCUT2D eigenvalue weighted by atomic mass is 9.97. The monoisotopic (exact) mass is 224 g/mol. The highest BCUT2D eigenvalue weighted by Gasteiger charge is 2.37. The van der Waals surface area contributed by atoms with Gasteiger partial charge in [-0.15, -0.1) is 0 Å². The maximum absolute atomic E-state index is 10.4. The molecule has 0 spiro atoms. The summed E-state index contributed by atoms with van der Waals surface area (Å²) in [4.78, 5) is 4.22. The van der Waals surface area contributed by atoms with Crippen molar-refractivity contribution in [3.05, 3.63) is 12.2 Å². The smallest absolute Gasteiger partial charge is 0.138 e. The molecule has 5 nitrogen and oxygen atoms in total. The molecule has 1 saturated carbocycles. The zero-order chi connectivity index (χ0) is 11.8. The van der Waals surface area contributed by atoms with Crippen molar-refractivity contribution in [3.63, 3.8) is 0 Å². The van der Waals surface area contributed by atoms with Crippen LogP contribution in [0.3, 0.4) is 0 Å². The van der Waals surface area contributed by atoms with E-state index in [0.29, 0.717) is 12.8 Å². The molecule has 1 heterocycles. The van der Waals surface area contributed by atoms with E-state index in [1.807, 2.05) is 4.68 Å². The second kappa shape index (κ2) is 4.14. The maximum atomic E-state index is 10.4. The van der Waals surface area contributed by atoms with Crippen LogP contribution in [0.15, 0.2) is 6.33 Å². The van der Waals surface area contributed by atoms with Crippen LogP contribution in [0, 0.1) is 0 Å².